The number of fused-ring (bicyclic) bond motifs is 1. The molecule has 5 heteroatoms. The number of benzene rings is 2. The van der Waals surface area contributed by atoms with Crippen molar-refractivity contribution >= 4 is 16.8 Å². The van der Waals surface area contributed by atoms with E-state index in [9.17, 15) is 4.79 Å². The van der Waals surface area contributed by atoms with Gasteiger partial charge >= 0.3 is 0 Å². The van der Waals surface area contributed by atoms with E-state index >= 15 is 0 Å². The van der Waals surface area contributed by atoms with Crippen LogP contribution in [0, 0.1) is 6.92 Å². The first-order valence-electron chi connectivity index (χ1n) is 10.6. The Morgan fingerprint density at radius 1 is 1.07 bits per heavy atom. The number of piperidine rings is 1. The van der Waals surface area contributed by atoms with E-state index in [-0.39, 0.29) is 5.91 Å². The van der Waals surface area contributed by atoms with Crippen LogP contribution in [0.2, 0.25) is 0 Å². The molecule has 0 spiro atoms. The van der Waals surface area contributed by atoms with Gasteiger partial charge in [0.25, 0.3) is 5.91 Å². The van der Waals surface area contributed by atoms with Gasteiger partial charge in [-0.1, -0.05) is 42.5 Å². The number of carbonyl (C=O) groups excluding carboxylic acids is 1. The van der Waals surface area contributed by atoms with Gasteiger partial charge in [0.1, 0.15) is 5.69 Å². The van der Waals surface area contributed by atoms with Crippen LogP contribution >= 0.6 is 0 Å². The third kappa shape index (κ3) is 3.30. The lowest BCUT2D eigenvalue weighted by atomic mass is 9.89. The molecule has 3 heterocycles. The lowest BCUT2D eigenvalue weighted by molar-refractivity contribution is 0.0702. The highest BCUT2D eigenvalue weighted by Gasteiger charge is 2.27. The molecule has 0 bridgehead atoms. The number of hydrogen-bond acceptors (Lipinski definition) is 2. The van der Waals surface area contributed by atoms with Gasteiger partial charge in [-0.15, -0.1) is 0 Å². The molecular formula is C25H26N4O. The molecule has 1 N–H and O–H groups in total. The first-order valence-corrected chi connectivity index (χ1v) is 10.6. The minimum absolute atomic E-state index is 0.0696. The lowest BCUT2D eigenvalue weighted by Crippen LogP contribution is -2.38. The maximum Gasteiger partial charge on any atom is 0.272 e. The standard InChI is InChI=1S/C25H26N4O/c1-17-8-9-20-21(16-26-23(20)14-17)18-10-12-29(13-11-18)25(30)24-15-22(27-28(24)2)19-6-4-3-5-7-19/h3-9,14-16,18,26H,10-13H2,1-2H3. The summed E-state index contributed by atoms with van der Waals surface area (Å²) in [4.78, 5) is 18.6. The molecule has 2 aromatic carbocycles. The second kappa shape index (κ2) is 7.48. The SMILES string of the molecule is Cc1ccc2c(C3CCN(C(=O)c4cc(-c5ccccc5)nn4C)CC3)c[nH]c2c1. The number of aromatic amines is 1. The number of amides is 1. The minimum Gasteiger partial charge on any atom is -0.361 e. The van der Waals surface area contributed by atoms with Gasteiger partial charge in [0.2, 0.25) is 0 Å². The molecule has 0 radical (unpaired) electrons. The average Bonchev–Trinajstić information content (AvgIpc) is 3.37. The molecule has 1 amide bonds. The van der Waals surface area contributed by atoms with Gasteiger partial charge in [-0.05, 0) is 48.9 Å². The van der Waals surface area contributed by atoms with E-state index in [0.29, 0.717) is 11.6 Å². The topological polar surface area (TPSA) is 53.9 Å². The molecule has 1 aliphatic heterocycles. The van der Waals surface area contributed by atoms with Crippen molar-refractivity contribution < 1.29 is 4.79 Å². The second-order valence-electron chi connectivity index (χ2n) is 8.26. The van der Waals surface area contributed by atoms with E-state index < -0.39 is 0 Å². The highest BCUT2D eigenvalue weighted by atomic mass is 16.2. The van der Waals surface area contributed by atoms with Gasteiger partial charge in [-0.25, -0.2) is 0 Å². The summed E-state index contributed by atoms with van der Waals surface area (Å²) in [6.07, 6.45) is 4.12. The van der Waals surface area contributed by atoms with Crippen molar-refractivity contribution in [2.24, 2.45) is 7.05 Å². The summed E-state index contributed by atoms with van der Waals surface area (Å²) in [6.45, 7) is 3.66. The maximum atomic E-state index is 13.2. The fourth-order valence-corrected chi connectivity index (χ4v) is 4.57. The number of aryl methyl sites for hydroxylation is 2. The van der Waals surface area contributed by atoms with Crippen LogP contribution in [0.3, 0.4) is 0 Å². The third-order valence-electron chi connectivity index (χ3n) is 6.26. The summed E-state index contributed by atoms with van der Waals surface area (Å²) in [7, 11) is 1.85. The normalized spacial score (nSPS) is 15.1. The quantitative estimate of drug-likeness (QED) is 0.534. The Kier molecular flexibility index (Phi) is 4.66. The van der Waals surface area contributed by atoms with Crippen molar-refractivity contribution in [3.8, 4) is 11.3 Å². The van der Waals surface area contributed by atoms with E-state index in [4.69, 9.17) is 0 Å². The van der Waals surface area contributed by atoms with Crippen LogP contribution in [0.15, 0.2) is 60.8 Å². The number of nitrogens with zero attached hydrogens (tertiary/aromatic N) is 3. The molecule has 5 rings (SSSR count). The summed E-state index contributed by atoms with van der Waals surface area (Å²) in [5.41, 5.74) is 6.36. The highest BCUT2D eigenvalue weighted by Crippen LogP contribution is 2.34. The zero-order chi connectivity index (χ0) is 20.7. The third-order valence-corrected chi connectivity index (χ3v) is 6.26. The van der Waals surface area contributed by atoms with Crippen LogP contribution in [0.1, 0.15) is 40.4 Å². The second-order valence-corrected chi connectivity index (χ2v) is 8.26. The number of nitrogens with one attached hydrogen (secondary N) is 1. The number of carbonyl (C=O) groups is 1. The molecule has 1 aliphatic rings. The van der Waals surface area contributed by atoms with Crippen LogP contribution < -0.4 is 0 Å². The Labute approximate surface area is 176 Å². The maximum absolute atomic E-state index is 13.2. The van der Waals surface area contributed by atoms with Gasteiger partial charge < -0.3 is 9.88 Å². The van der Waals surface area contributed by atoms with Crippen LogP contribution in [0.4, 0.5) is 0 Å². The molecule has 0 unspecified atom stereocenters. The molecule has 4 aromatic rings. The first kappa shape index (κ1) is 18.7. The monoisotopic (exact) mass is 398 g/mol. The van der Waals surface area contributed by atoms with Crippen molar-refractivity contribution in [3.63, 3.8) is 0 Å². The Hall–Kier alpha value is -3.34. The van der Waals surface area contributed by atoms with E-state index in [1.807, 2.05) is 48.3 Å². The molecule has 0 aliphatic carbocycles. The number of likely N-dealkylation sites (tertiary alicyclic amines) is 1. The summed E-state index contributed by atoms with van der Waals surface area (Å²) < 4.78 is 1.71. The van der Waals surface area contributed by atoms with Crippen molar-refractivity contribution in [2.75, 3.05) is 13.1 Å². The van der Waals surface area contributed by atoms with Crippen LogP contribution in [0.5, 0.6) is 0 Å². The molecular weight excluding hydrogens is 372 g/mol. The van der Waals surface area contributed by atoms with E-state index in [1.165, 1.54) is 22.0 Å². The van der Waals surface area contributed by atoms with Crippen molar-refractivity contribution in [2.45, 2.75) is 25.7 Å². The van der Waals surface area contributed by atoms with Crippen LogP contribution in [0.25, 0.3) is 22.2 Å². The smallest absolute Gasteiger partial charge is 0.272 e. The average molecular weight is 399 g/mol. The Bertz CT molecular complexity index is 1200. The zero-order valence-corrected chi connectivity index (χ0v) is 17.4. The fraction of sp³-hybridized carbons (Fsp3) is 0.280. The summed E-state index contributed by atoms with van der Waals surface area (Å²) >= 11 is 0. The minimum atomic E-state index is 0.0696. The molecule has 0 atom stereocenters. The molecule has 152 valence electrons. The van der Waals surface area contributed by atoms with E-state index in [2.05, 4.69) is 41.4 Å². The predicted octanol–water partition coefficient (Wildman–Crippen LogP) is 4.90. The van der Waals surface area contributed by atoms with Crippen molar-refractivity contribution in [1.82, 2.24) is 19.7 Å². The lowest BCUT2D eigenvalue weighted by Gasteiger charge is -2.32. The Balaban J connectivity index is 1.31. The number of aromatic nitrogens is 3. The van der Waals surface area contributed by atoms with E-state index in [0.717, 1.165) is 37.2 Å². The summed E-state index contributed by atoms with van der Waals surface area (Å²) in [5.74, 6) is 0.553. The fourth-order valence-electron chi connectivity index (χ4n) is 4.57. The predicted molar refractivity (Wildman–Crippen MR) is 120 cm³/mol. The highest BCUT2D eigenvalue weighted by molar-refractivity contribution is 5.94. The summed E-state index contributed by atoms with van der Waals surface area (Å²) in [6, 6.07) is 18.5. The van der Waals surface area contributed by atoms with Crippen LogP contribution in [-0.2, 0) is 7.05 Å². The Morgan fingerprint density at radius 2 is 1.83 bits per heavy atom. The van der Waals surface area contributed by atoms with Gasteiger partial charge in [-0.3, -0.25) is 9.48 Å². The number of hydrogen-bond donors (Lipinski definition) is 1. The molecule has 1 fully saturated rings. The zero-order valence-electron chi connectivity index (χ0n) is 17.4. The molecule has 1 saturated heterocycles. The van der Waals surface area contributed by atoms with Crippen LogP contribution in [-0.4, -0.2) is 38.7 Å². The van der Waals surface area contributed by atoms with Crippen molar-refractivity contribution in [1.29, 1.82) is 0 Å². The van der Waals surface area contributed by atoms with E-state index in [1.54, 1.807) is 4.68 Å². The first-order chi connectivity index (χ1) is 14.6. The summed E-state index contributed by atoms with van der Waals surface area (Å²) in [5, 5.41) is 5.87. The molecule has 5 nitrogen and oxygen atoms in total. The largest absolute Gasteiger partial charge is 0.361 e. The van der Waals surface area contributed by atoms with Gasteiger partial charge in [0, 0.05) is 42.8 Å². The molecule has 2 aromatic heterocycles. The number of rotatable bonds is 3. The number of H-pyrrole nitrogens is 1. The van der Waals surface area contributed by atoms with Gasteiger partial charge in [-0.2, -0.15) is 5.10 Å². The molecule has 0 saturated carbocycles. The van der Waals surface area contributed by atoms with Gasteiger partial charge in [0.05, 0.1) is 5.69 Å². The van der Waals surface area contributed by atoms with Crippen molar-refractivity contribution in [3.05, 3.63) is 77.6 Å². The van der Waals surface area contributed by atoms with Gasteiger partial charge in [0.15, 0.2) is 0 Å². The molecule has 30 heavy (non-hydrogen) atoms. The Morgan fingerprint density at radius 3 is 2.60 bits per heavy atom.